The number of carbonyl (C=O) groups excluding carboxylic acids is 8. The van der Waals surface area contributed by atoms with Gasteiger partial charge in [-0.25, -0.2) is 9.59 Å². The van der Waals surface area contributed by atoms with Gasteiger partial charge in [-0.3, -0.25) is 28.8 Å². The molecule has 22 nitrogen and oxygen atoms in total. The molecule has 2 heterocycles. The van der Waals surface area contributed by atoms with Crippen molar-refractivity contribution in [2.45, 2.75) is 153 Å². The zero-order chi connectivity index (χ0) is 59.5. The van der Waals surface area contributed by atoms with Gasteiger partial charge in [0.05, 0.1) is 43.4 Å². The number of Topliss-reactive ketones (excluding diaryl/α,β-unsaturated/α-hetero) is 1. The quantitative estimate of drug-likeness (QED) is 0.0485. The number of rotatable bonds is 19. The van der Waals surface area contributed by atoms with Gasteiger partial charge in [-0.05, 0) is 60.4 Å². The lowest BCUT2D eigenvalue weighted by molar-refractivity contribution is -0.351. The van der Waals surface area contributed by atoms with Crippen LogP contribution in [0.2, 0.25) is 0 Å². The average molecular weight is 1140 g/mol. The topological polar surface area (TPSA) is 315 Å². The molecule has 22 heteroatoms. The number of amides is 5. The number of carbonyl (C=O) groups is 8. The zero-order valence-electron chi connectivity index (χ0n) is 47.1. The number of ketones is 1. The molecule has 82 heavy (non-hydrogen) atoms. The predicted molar refractivity (Wildman–Crippen MR) is 291 cm³/mol. The monoisotopic (exact) mass is 1140 g/mol. The lowest BCUT2D eigenvalue weighted by atomic mass is 9.44. The molecule has 0 aromatic heterocycles. The maximum Gasteiger partial charge on any atom is 0.338 e. The number of nitrogens with one attached hydrogen (secondary N) is 4. The molecule has 8 rings (SSSR count). The number of hydrogen-bond donors (Lipinski definition) is 8. The van der Waals surface area contributed by atoms with Gasteiger partial charge < -0.3 is 70.3 Å². The summed E-state index contributed by atoms with van der Waals surface area (Å²) >= 11 is 0. The van der Waals surface area contributed by atoms with Crippen molar-refractivity contribution in [2.24, 2.45) is 22.7 Å². The minimum Gasteiger partial charge on any atom is -0.460 e. The van der Waals surface area contributed by atoms with Gasteiger partial charge in [0.2, 0.25) is 17.7 Å². The standard InChI is InChI=1S/C60H75N5O17/c1-33(2)46(54(74)65-25-17-24-39(65)53(73)62-28-43(68)61-29-44(69)78-30-36-18-11-8-12-19-36)63-56(76)64-47(38-22-15-10-16-23-38)49(71)55(75)81-40-27-60(77)52(79-31-37-20-13-9-14-21-37)50-58(7,51(72)48(70)45(34(40)3)57(60,5)6)41(67)26-42-59(50,32-80-42)82-35(4)66/h8-16,18-23,33,39-42,46-50,52,67,70-71,77H,17,24-32H2,1-7H3,(H,61,68)(H,62,73)(H2,63,64,76)/t39-,40-,41-,42?,46-,47-,48+,49+,50?,52-,58+,59-,60+/m0/s1. The molecular formula is C60H75N5O17. The van der Waals surface area contributed by atoms with Crippen molar-refractivity contribution in [1.29, 1.82) is 0 Å². The van der Waals surface area contributed by atoms with Crippen molar-refractivity contribution in [2.75, 3.05) is 26.2 Å². The van der Waals surface area contributed by atoms with Crippen LogP contribution in [0.5, 0.6) is 0 Å². The largest absolute Gasteiger partial charge is 0.460 e. The summed E-state index contributed by atoms with van der Waals surface area (Å²) < 4.78 is 30.2. The molecule has 2 bridgehead atoms. The van der Waals surface area contributed by atoms with Crippen LogP contribution in [0.15, 0.2) is 102 Å². The Bertz CT molecular complexity index is 2910. The summed E-state index contributed by atoms with van der Waals surface area (Å²) in [6, 6.07) is 21.1. The molecule has 0 spiro atoms. The molecule has 2 saturated heterocycles. The first kappa shape index (κ1) is 61.0. The smallest absolute Gasteiger partial charge is 0.338 e. The fraction of sp³-hybridized carbons (Fsp3) is 0.533. The molecule has 2 saturated carbocycles. The molecule has 5 amide bonds. The fourth-order valence-electron chi connectivity index (χ4n) is 12.8. The average Bonchev–Trinajstić information content (AvgIpc) is 1.23. The van der Waals surface area contributed by atoms with E-state index in [4.69, 9.17) is 23.7 Å². The normalized spacial score (nSPS) is 29.2. The Morgan fingerprint density at radius 1 is 0.841 bits per heavy atom. The fourth-order valence-corrected chi connectivity index (χ4v) is 12.8. The number of ether oxygens (including phenoxy) is 5. The molecule has 442 valence electrons. The number of likely N-dealkylation sites (tertiary alicyclic amines) is 1. The van der Waals surface area contributed by atoms with Crippen molar-refractivity contribution in [3.05, 3.63) is 119 Å². The third-order valence-electron chi connectivity index (χ3n) is 17.4. The molecule has 2 aliphatic heterocycles. The summed E-state index contributed by atoms with van der Waals surface area (Å²) in [6.07, 6.45) is -9.51. The van der Waals surface area contributed by atoms with Crippen LogP contribution < -0.4 is 21.3 Å². The molecule has 4 fully saturated rings. The van der Waals surface area contributed by atoms with E-state index in [1.165, 1.54) is 37.8 Å². The molecule has 13 atom stereocenters. The maximum atomic E-state index is 15.2. The van der Waals surface area contributed by atoms with Gasteiger partial charge in [0.1, 0.15) is 49.1 Å². The molecule has 8 N–H and O–H groups in total. The lowest BCUT2D eigenvalue weighted by Gasteiger charge is -2.67. The first-order chi connectivity index (χ1) is 38.8. The van der Waals surface area contributed by atoms with Gasteiger partial charge in [-0.1, -0.05) is 119 Å². The summed E-state index contributed by atoms with van der Waals surface area (Å²) in [7, 11) is 0. The lowest BCUT2D eigenvalue weighted by Crippen LogP contribution is -2.81. The Labute approximate surface area is 475 Å². The van der Waals surface area contributed by atoms with Crippen LogP contribution in [-0.4, -0.2) is 159 Å². The van der Waals surface area contributed by atoms with Crippen molar-refractivity contribution < 1.29 is 82.5 Å². The van der Waals surface area contributed by atoms with E-state index in [-0.39, 0.29) is 55.9 Å². The van der Waals surface area contributed by atoms with Gasteiger partial charge in [-0.2, -0.15) is 0 Å². The molecular weight excluding hydrogens is 1060 g/mol. The Kier molecular flexibility index (Phi) is 18.4. The van der Waals surface area contributed by atoms with Crippen LogP contribution in [0.25, 0.3) is 0 Å². The van der Waals surface area contributed by atoms with E-state index in [1.807, 2.05) is 6.07 Å². The number of aliphatic hydroxyl groups excluding tert-OH is 3. The van der Waals surface area contributed by atoms with Crippen molar-refractivity contribution in [3.63, 3.8) is 0 Å². The summed E-state index contributed by atoms with van der Waals surface area (Å²) in [6.45, 7) is 9.62. The highest BCUT2D eigenvalue weighted by molar-refractivity contribution is 5.95. The Hall–Kier alpha value is -7.08. The second-order valence-electron chi connectivity index (χ2n) is 23.1. The van der Waals surface area contributed by atoms with E-state index in [0.29, 0.717) is 12.0 Å². The Morgan fingerprint density at radius 2 is 1.46 bits per heavy atom. The molecule has 3 aromatic carbocycles. The molecule has 2 unspecified atom stereocenters. The predicted octanol–water partition coefficient (Wildman–Crippen LogP) is 2.39. The van der Waals surface area contributed by atoms with E-state index in [2.05, 4.69) is 21.3 Å². The van der Waals surface area contributed by atoms with Gasteiger partial charge >= 0.3 is 23.9 Å². The van der Waals surface area contributed by atoms with Crippen molar-refractivity contribution >= 4 is 47.4 Å². The van der Waals surface area contributed by atoms with Crippen LogP contribution >= 0.6 is 0 Å². The molecule has 3 aliphatic carbocycles. The highest BCUT2D eigenvalue weighted by atomic mass is 16.6. The van der Waals surface area contributed by atoms with E-state index < -0.39 is 156 Å². The van der Waals surface area contributed by atoms with E-state index in [9.17, 15) is 54.0 Å². The summed E-state index contributed by atoms with van der Waals surface area (Å²) in [4.78, 5) is 111. The molecule has 0 radical (unpaired) electrons. The molecule has 5 aliphatic rings. The maximum absolute atomic E-state index is 15.2. The third-order valence-corrected chi connectivity index (χ3v) is 17.4. The van der Waals surface area contributed by atoms with Gasteiger partial charge in [0.15, 0.2) is 17.5 Å². The number of nitrogens with zero attached hydrogens (tertiary/aromatic N) is 1. The zero-order valence-corrected chi connectivity index (χ0v) is 47.1. The van der Waals surface area contributed by atoms with E-state index in [1.54, 1.807) is 100 Å². The minimum atomic E-state index is -2.22. The summed E-state index contributed by atoms with van der Waals surface area (Å²) in [5, 5.41) is 60.4. The second-order valence-corrected chi connectivity index (χ2v) is 23.1. The van der Waals surface area contributed by atoms with Crippen molar-refractivity contribution in [1.82, 2.24) is 26.2 Å². The molecule has 3 aromatic rings. The number of benzene rings is 3. The highest BCUT2D eigenvalue weighted by Crippen LogP contribution is 2.64. The van der Waals surface area contributed by atoms with Gasteiger partial charge in [-0.15, -0.1) is 0 Å². The Balaban J connectivity index is 0.999. The van der Waals surface area contributed by atoms with Crippen LogP contribution in [0, 0.1) is 22.7 Å². The SMILES string of the molecule is CC(=O)O[C@@]12COC1C[C@H](O)[C@@]1(C)C(=O)[C@H](O)C3=C(C)[C@@H](OC(=O)[C@H](O)[C@@H](NC(=O)N[C@H](C(=O)N4CCC[C@H]4C(=O)NCC(=O)NCC(=O)OCc4ccccc4)C(C)C)c4ccccc4)C[C@@](O)([C@@H](OCc4ccccc4)C21)C3(C)C. The van der Waals surface area contributed by atoms with E-state index in [0.717, 1.165) is 5.56 Å². The van der Waals surface area contributed by atoms with Crippen molar-refractivity contribution in [3.8, 4) is 0 Å². The van der Waals surface area contributed by atoms with Crippen LogP contribution in [0.3, 0.4) is 0 Å². The first-order valence-corrected chi connectivity index (χ1v) is 27.7. The minimum absolute atomic E-state index is 0.0166. The number of hydrogen-bond acceptors (Lipinski definition) is 17. The van der Waals surface area contributed by atoms with Gasteiger partial charge in [0, 0.05) is 37.6 Å². The number of esters is 3. The Morgan fingerprint density at radius 3 is 2.06 bits per heavy atom. The van der Waals surface area contributed by atoms with Crippen LogP contribution in [0.4, 0.5) is 4.79 Å². The van der Waals surface area contributed by atoms with E-state index >= 15 is 4.79 Å². The van der Waals surface area contributed by atoms with Crippen LogP contribution in [-0.2, 0) is 70.5 Å². The number of fused-ring (bicyclic) bond motifs is 5. The first-order valence-electron chi connectivity index (χ1n) is 27.7. The number of urea groups is 1. The van der Waals surface area contributed by atoms with Gasteiger partial charge in [0.25, 0.3) is 0 Å². The summed E-state index contributed by atoms with van der Waals surface area (Å²) in [5.74, 6) is -7.39. The highest BCUT2D eigenvalue weighted by Gasteiger charge is 2.77. The number of aliphatic hydroxyl groups is 4. The second kappa shape index (κ2) is 24.8. The summed E-state index contributed by atoms with van der Waals surface area (Å²) in [5.41, 5.74) is -5.53. The van der Waals surface area contributed by atoms with Crippen LogP contribution in [0.1, 0.15) is 96.9 Å². The third kappa shape index (κ3) is 11.9.